The van der Waals surface area contributed by atoms with E-state index < -0.39 is 36.2 Å². The molecule has 0 aliphatic rings. The van der Waals surface area contributed by atoms with Crippen LogP contribution in [0.1, 0.15) is 24.8 Å². The van der Waals surface area contributed by atoms with Crippen LogP contribution in [0.25, 0.3) is 0 Å². The number of hydrogen-bond donors (Lipinski definition) is 1. The Kier molecular flexibility index (Phi) is 4.75. The Hall–Kier alpha value is -1.63. The minimum Gasteiger partial charge on any atom is -0.493 e. The summed E-state index contributed by atoms with van der Waals surface area (Å²) in [5, 5.41) is 9.39. The lowest BCUT2D eigenvalue weighted by atomic mass is 9.87. The lowest BCUT2D eigenvalue weighted by Gasteiger charge is -2.28. The molecule has 0 spiro atoms. The average molecular weight is 294 g/mol. The number of aliphatic hydroxyl groups is 1. The van der Waals surface area contributed by atoms with Crippen LogP contribution in [-0.2, 0) is 4.79 Å². The molecule has 0 aromatic heterocycles. The van der Waals surface area contributed by atoms with Crippen molar-refractivity contribution in [1.29, 1.82) is 0 Å². The van der Waals surface area contributed by atoms with Crippen molar-refractivity contribution in [1.82, 2.24) is 0 Å². The van der Waals surface area contributed by atoms with E-state index in [1.165, 1.54) is 26.2 Å². The number of halogens is 4. The van der Waals surface area contributed by atoms with Gasteiger partial charge >= 0.3 is 6.18 Å². The second-order valence-corrected chi connectivity index (χ2v) is 4.51. The Morgan fingerprint density at radius 1 is 1.40 bits per heavy atom. The first-order valence-corrected chi connectivity index (χ1v) is 5.74. The Morgan fingerprint density at radius 2 is 2.00 bits per heavy atom. The Bertz CT molecular complexity index is 487. The van der Waals surface area contributed by atoms with E-state index in [9.17, 15) is 27.5 Å². The van der Waals surface area contributed by atoms with Crippen molar-refractivity contribution in [2.75, 3.05) is 7.11 Å². The summed E-state index contributed by atoms with van der Waals surface area (Å²) in [6.45, 7) is 1.34. The largest absolute Gasteiger partial charge is 0.493 e. The van der Waals surface area contributed by atoms with E-state index in [2.05, 4.69) is 0 Å². The van der Waals surface area contributed by atoms with Gasteiger partial charge in [0, 0.05) is 5.56 Å². The minimum atomic E-state index is -5.09. The Labute approximate surface area is 113 Å². The van der Waals surface area contributed by atoms with E-state index in [1.807, 2.05) is 0 Å². The zero-order chi connectivity index (χ0) is 15.6. The van der Waals surface area contributed by atoms with Crippen LogP contribution in [0.2, 0.25) is 0 Å². The molecule has 0 heterocycles. The molecule has 0 unspecified atom stereocenters. The van der Waals surface area contributed by atoms with Crippen molar-refractivity contribution < 1.29 is 32.2 Å². The molecule has 0 fully saturated rings. The summed E-state index contributed by atoms with van der Waals surface area (Å²) in [7, 11) is 1.18. The standard InChI is InChI=1S/C13H14F4O3/c1-8(6-12(19,7-18)13(15,16)17)9-4-3-5-10(14)11(9)20-2/h3-5,7-8,19H,6H2,1-2H3/t8-,12-/m1/s1. The summed E-state index contributed by atoms with van der Waals surface area (Å²) in [4.78, 5) is 10.6. The normalized spacial score (nSPS) is 16.4. The topological polar surface area (TPSA) is 46.5 Å². The van der Waals surface area contributed by atoms with Crippen molar-refractivity contribution in [2.45, 2.75) is 31.0 Å². The van der Waals surface area contributed by atoms with E-state index in [1.54, 1.807) is 0 Å². The molecule has 0 saturated heterocycles. The van der Waals surface area contributed by atoms with Crippen LogP contribution < -0.4 is 4.74 Å². The number of benzene rings is 1. The van der Waals surface area contributed by atoms with Gasteiger partial charge in [-0.1, -0.05) is 19.1 Å². The van der Waals surface area contributed by atoms with E-state index in [-0.39, 0.29) is 11.3 Å². The quantitative estimate of drug-likeness (QED) is 0.671. The fraction of sp³-hybridized carbons (Fsp3) is 0.462. The molecular weight excluding hydrogens is 280 g/mol. The second kappa shape index (κ2) is 5.78. The fourth-order valence-corrected chi connectivity index (χ4v) is 1.94. The number of carbonyl (C=O) groups excluding carboxylic acids is 1. The number of rotatable bonds is 5. The van der Waals surface area contributed by atoms with Gasteiger partial charge in [0.1, 0.15) is 0 Å². The Morgan fingerprint density at radius 3 is 2.45 bits per heavy atom. The number of aldehydes is 1. The van der Waals surface area contributed by atoms with Crippen LogP contribution in [0.3, 0.4) is 0 Å². The molecule has 112 valence electrons. The van der Waals surface area contributed by atoms with Gasteiger partial charge in [0.25, 0.3) is 0 Å². The van der Waals surface area contributed by atoms with E-state index in [0.717, 1.165) is 6.07 Å². The number of methoxy groups -OCH3 is 1. The highest BCUT2D eigenvalue weighted by molar-refractivity contribution is 5.64. The zero-order valence-corrected chi connectivity index (χ0v) is 10.9. The Balaban J connectivity index is 3.11. The number of carbonyl (C=O) groups is 1. The lowest BCUT2D eigenvalue weighted by molar-refractivity contribution is -0.247. The molecule has 7 heteroatoms. The van der Waals surface area contributed by atoms with Crippen LogP contribution >= 0.6 is 0 Å². The summed E-state index contributed by atoms with van der Waals surface area (Å²) in [5.74, 6) is -1.86. The number of ether oxygens (including phenoxy) is 1. The minimum absolute atomic E-state index is 0.150. The van der Waals surface area contributed by atoms with Crippen molar-refractivity contribution in [3.63, 3.8) is 0 Å². The highest BCUT2D eigenvalue weighted by Gasteiger charge is 2.54. The van der Waals surface area contributed by atoms with Crippen LogP contribution in [0.4, 0.5) is 17.6 Å². The van der Waals surface area contributed by atoms with Gasteiger partial charge in [-0.15, -0.1) is 0 Å². The molecule has 1 N–H and O–H groups in total. The van der Waals surface area contributed by atoms with Crippen molar-refractivity contribution >= 4 is 6.29 Å². The zero-order valence-electron chi connectivity index (χ0n) is 10.9. The highest BCUT2D eigenvalue weighted by atomic mass is 19.4. The molecule has 0 bridgehead atoms. The third-order valence-corrected chi connectivity index (χ3v) is 3.04. The average Bonchev–Trinajstić information content (AvgIpc) is 2.36. The summed E-state index contributed by atoms with van der Waals surface area (Å²) in [5.41, 5.74) is -3.32. The second-order valence-electron chi connectivity index (χ2n) is 4.51. The summed E-state index contributed by atoms with van der Waals surface area (Å²) >= 11 is 0. The lowest BCUT2D eigenvalue weighted by Crippen LogP contribution is -2.47. The summed E-state index contributed by atoms with van der Waals surface area (Å²) < 4.78 is 56.3. The molecule has 0 aliphatic carbocycles. The van der Waals surface area contributed by atoms with E-state index in [4.69, 9.17) is 4.74 Å². The third-order valence-electron chi connectivity index (χ3n) is 3.04. The van der Waals surface area contributed by atoms with E-state index >= 15 is 0 Å². The molecule has 0 aliphatic heterocycles. The van der Waals surface area contributed by atoms with Crippen LogP contribution in [0, 0.1) is 5.82 Å². The van der Waals surface area contributed by atoms with Gasteiger partial charge in [0.15, 0.2) is 17.9 Å². The monoisotopic (exact) mass is 294 g/mol. The molecule has 3 nitrogen and oxygen atoms in total. The molecule has 20 heavy (non-hydrogen) atoms. The molecule has 1 aromatic carbocycles. The van der Waals surface area contributed by atoms with Crippen LogP contribution in [0.15, 0.2) is 18.2 Å². The first-order chi connectivity index (χ1) is 9.16. The molecule has 1 rings (SSSR count). The molecule has 0 radical (unpaired) electrons. The van der Waals surface area contributed by atoms with E-state index in [0.29, 0.717) is 0 Å². The first kappa shape index (κ1) is 16.4. The fourth-order valence-electron chi connectivity index (χ4n) is 1.94. The summed E-state index contributed by atoms with van der Waals surface area (Å²) in [6.07, 6.45) is -6.56. The van der Waals surface area contributed by atoms with Gasteiger partial charge < -0.3 is 9.84 Å². The maximum Gasteiger partial charge on any atom is 0.424 e. The molecule has 0 amide bonds. The van der Waals surface area contributed by atoms with Gasteiger partial charge in [0.2, 0.25) is 5.60 Å². The van der Waals surface area contributed by atoms with Gasteiger partial charge in [-0.25, -0.2) is 4.39 Å². The van der Waals surface area contributed by atoms with Gasteiger partial charge in [-0.3, -0.25) is 4.79 Å². The van der Waals surface area contributed by atoms with Gasteiger partial charge in [-0.2, -0.15) is 13.2 Å². The molecule has 0 saturated carbocycles. The number of para-hydroxylation sites is 1. The van der Waals surface area contributed by atoms with Gasteiger partial charge in [-0.05, 0) is 18.4 Å². The number of alkyl halides is 3. The highest BCUT2D eigenvalue weighted by Crippen LogP contribution is 2.39. The maximum atomic E-state index is 13.5. The van der Waals surface area contributed by atoms with Crippen LogP contribution in [-0.4, -0.2) is 30.3 Å². The molecule has 2 atom stereocenters. The predicted molar refractivity (Wildman–Crippen MR) is 63.1 cm³/mol. The van der Waals surface area contributed by atoms with Crippen molar-refractivity contribution in [3.05, 3.63) is 29.6 Å². The van der Waals surface area contributed by atoms with Crippen LogP contribution in [0.5, 0.6) is 5.75 Å². The van der Waals surface area contributed by atoms with Crippen molar-refractivity contribution in [2.24, 2.45) is 0 Å². The maximum absolute atomic E-state index is 13.5. The van der Waals surface area contributed by atoms with Gasteiger partial charge in [0.05, 0.1) is 7.11 Å². The molecular formula is C13H14F4O3. The first-order valence-electron chi connectivity index (χ1n) is 5.74. The summed E-state index contributed by atoms with van der Waals surface area (Å²) in [6, 6.07) is 3.80. The number of hydrogen-bond acceptors (Lipinski definition) is 3. The SMILES string of the molecule is COc1c(F)cccc1[C@H](C)C[C@@](O)(C=O)C(F)(F)F. The predicted octanol–water partition coefficient (Wildman–Crippen LogP) is 2.82. The van der Waals surface area contributed by atoms with Crippen molar-refractivity contribution in [3.8, 4) is 5.75 Å². The molecule has 1 aromatic rings. The smallest absolute Gasteiger partial charge is 0.424 e. The third kappa shape index (κ3) is 3.09.